The standard InChI is InChI=1S/C17H26N2O4/c1-17(2,3)14(20)8-9-18-15(21)16(22)19-11-12-6-5-7-13(10-12)23-4/h5-7,10,14,20H,8-9,11H2,1-4H3,(H,18,21)(H,19,22). The van der Waals surface area contributed by atoms with Crippen LogP contribution in [0.3, 0.4) is 0 Å². The number of hydrogen-bond acceptors (Lipinski definition) is 4. The van der Waals surface area contributed by atoms with Crippen LogP contribution in [-0.2, 0) is 16.1 Å². The summed E-state index contributed by atoms with van der Waals surface area (Å²) in [6.45, 7) is 6.25. The van der Waals surface area contributed by atoms with E-state index in [0.717, 1.165) is 5.56 Å². The number of aliphatic hydroxyl groups excluding tert-OH is 1. The number of carbonyl (C=O) groups excluding carboxylic acids is 2. The third-order valence-electron chi connectivity index (χ3n) is 3.50. The maximum absolute atomic E-state index is 11.7. The average Bonchev–Trinajstić information content (AvgIpc) is 2.51. The maximum Gasteiger partial charge on any atom is 0.309 e. The zero-order valence-corrected chi connectivity index (χ0v) is 14.2. The van der Waals surface area contributed by atoms with Crippen molar-refractivity contribution in [1.82, 2.24) is 10.6 Å². The van der Waals surface area contributed by atoms with Gasteiger partial charge >= 0.3 is 11.8 Å². The summed E-state index contributed by atoms with van der Waals surface area (Å²) in [7, 11) is 1.57. The summed E-state index contributed by atoms with van der Waals surface area (Å²) in [6.07, 6.45) is -0.138. The van der Waals surface area contributed by atoms with Crippen LogP contribution in [0.1, 0.15) is 32.8 Å². The third kappa shape index (κ3) is 6.69. The van der Waals surface area contributed by atoms with Gasteiger partial charge in [0.15, 0.2) is 0 Å². The summed E-state index contributed by atoms with van der Waals surface area (Å²) in [5.74, 6) is -0.704. The molecule has 0 aliphatic rings. The fourth-order valence-corrected chi connectivity index (χ4v) is 1.88. The number of amides is 2. The molecule has 0 saturated heterocycles. The second-order valence-corrected chi connectivity index (χ2v) is 6.46. The lowest BCUT2D eigenvalue weighted by Crippen LogP contribution is -2.41. The van der Waals surface area contributed by atoms with Crippen LogP contribution < -0.4 is 15.4 Å². The molecule has 0 aliphatic carbocycles. The van der Waals surface area contributed by atoms with E-state index in [9.17, 15) is 14.7 Å². The van der Waals surface area contributed by atoms with E-state index < -0.39 is 17.9 Å². The van der Waals surface area contributed by atoms with Gasteiger partial charge in [0.25, 0.3) is 0 Å². The highest BCUT2D eigenvalue weighted by molar-refractivity contribution is 6.35. The number of aliphatic hydroxyl groups is 1. The van der Waals surface area contributed by atoms with Crippen molar-refractivity contribution in [3.63, 3.8) is 0 Å². The van der Waals surface area contributed by atoms with Gasteiger partial charge in [-0.25, -0.2) is 0 Å². The first-order chi connectivity index (χ1) is 10.7. The molecular formula is C17H26N2O4. The van der Waals surface area contributed by atoms with Crippen molar-refractivity contribution in [2.75, 3.05) is 13.7 Å². The molecule has 3 N–H and O–H groups in total. The highest BCUT2D eigenvalue weighted by atomic mass is 16.5. The topological polar surface area (TPSA) is 87.7 Å². The first-order valence-electron chi connectivity index (χ1n) is 7.61. The molecule has 2 amide bonds. The Kier molecular flexibility index (Phi) is 7.03. The molecule has 1 unspecified atom stereocenters. The average molecular weight is 322 g/mol. The molecule has 6 heteroatoms. The smallest absolute Gasteiger partial charge is 0.309 e. The van der Waals surface area contributed by atoms with Crippen LogP contribution in [-0.4, -0.2) is 36.7 Å². The first kappa shape index (κ1) is 19.0. The zero-order valence-electron chi connectivity index (χ0n) is 14.2. The molecule has 0 radical (unpaired) electrons. The Morgan fingerprint density at radius 1 is 1.22 bits per heavy atom. The summed E-state index contributed by atoms with van der Waals surface area (Å²) in [6, 6.07) is 7.24. The zero-order chi connectivity index (χ0) is 17.5. The molecule has 1 aromatic rings. The predicted molar refractivity (Wildman–Crippen MR) is 87.9 cm³/mol. The lowest BCUT2D eigenvalue weighted by atomic mass is 9.87. The summed E-state index contributed by atoms with van der Waals surface area (Å²) in [4.78, 5) is 23.4. The predicted octanol–water partition coefficient (Wildman–Crippen LogP) is 1.22. The van der Waals surface area contributed by atoms with Crippen molar-refractivity contribution >= 4 is 11.8 Å². The van der Waals surface area contributed by atoms with Crippen molar-refractivity contribution in [3.8, 4) is 5.75 Å². The van der Waals surface area contributed by atoms with E-state index in [4.69, 9.17) is 4.74 Å². The molecule has 0 bridgehead atoms. The largest absolute Gasteiger partial charge is 0.497 e. The molecule has 0 spiro atoms. The lowest BCUT2D eigenvalue weighted by molar-refractivity contribution is -0.139. The van der Waals surface area contributed by atoms with Crippen molar-refractivity contribution in [2.45, 2.75) is 39.8 Å². The number of ether oxygens (including phenoxy) is 1. The van der Waals surface area contributed by atoms with E-state index >= 15 is 0 Å². The Morgan fingerprint density at radius 3 is 2.48 bits per heavy atom. The van der Waals surface area contributed by atoms with Gasteiger partial charge in [-0.05, 0) is 29.5 Å². The maximum atomic E-state index is 11.7. The molecule has 1 rings (SSSR count). The van der Waals surface area contributed by atoms with Crippen LogP contribution in [0.25, 0.3) is 0 Å². The van der Waals surface area contributed by atoms with Crippen molar-refractivity contribution < 1.29 is 19.4 Å². The second kappa shape index (κ2) is 8.53. The van der Waals surface area contributed by atoms with E-state index in [1.54, 1.807) is 19.2 Å². The molecule has 1 aromatic carbocycles. The van der Waals surface area contributed by atoms with Crippen molar-refractivity contribution in [1.29, 1.82) is 0 Å². The van der Waals surface area contributed by atoms with E-state index in [1.165, 1.54) is 0 Å². The Labute approximate surface area is 137 Å². The van der Waals surface area contributed by atoms with E-state index in [2.05, 4.69) is 10.6 Å². The Morgan fingerprint density at radius 2 is 1.87 bits per heavy atom. The quantitative estimate of drug-likeness (QED) is 0.687. The van der Waals surface area contributed by atoms with Gasteiger partial charge in [0, 0.05) is 13.1 Å². The molecule has 1 atom stereocenters. The third-order valence-corrected chi connectivity index (χ3v) is 3.50. The molecule has 0 fully saturated rings. The normalized spacial score (nSPS) is 12.4. The van der Waals surface area contributed by atoms with Gasteiger partial charge in [0.1, 0.15) is 5.75 Å². The summed E-state index contributed by atoms with van der Waals surface area (Å²) in [5.41, 5.74) is 0.591. The van der Waals surface area contributed by atoms with Crippen LogP contribution in [0, 0.1) is 5.41 Å². The van der Waals surface area contributed by atoms with E-state index in [1.807, 2.05) is 32.9 Å². The SMILES string of the molecule is COc1cccc(CNC(=O)C(=O)NCCC(O)C(C)(C)C)c1. The van der Waals surface area contributed by atoms with Crippen LogP contribution >= 0.6 is 0 Å². The molecule has 0 aromatic heterocycles. The van der Waals surface area contributed by atoms with Gasteiger partial charge < -0.3 is 20.5 Å². The monoisotopic (exact) mass is 322 g/mol. The minimum absolute atomic E-state index is 0.244. The Hall–Kier alpha value is -2.08. The highest BCUT2D eigenvalue weighted by Gasteiger charge is 2.22. The molecule has 23 heavy (non-hydrogen) atoms. The van der Waals surface area contributed by atoms with Gasteiger partial charge in [-0.1, -0.05) is 32.9 Å². The second-order valence-electron chi connectivity index (χ2n) is 6.46. The number of benzene rings is 1. The summed E-state index contributed by atoms with van der Waals surface area (Å²) in [5, 5.41) is 14.9. The molecular weight excluding hydrogens is 296 g/mol. The van der Waals surface area contributed by atoms with Crippen LogP contribution in [0.2, 0.25) is 0 Å². The van der Waals surface area contributed by atoms with Crippen molar-refractivity contribution in [2.24, 2.45) is 5.41 Å². The minimum Gasteiger partial charge on any atom is -0.497 e. The van der Waals surface area contributed by atoms with Gasteiger partial charge in [0.05, 0.1) is 13.2 Å². The fraction of sp³-hybridized carbons (Fsp3) is 0.529. The highest BCUT2D eigenvalue weighted by Crippen LogP contribution is 2.20. The summed E-state index contributed by atoms with van der Waals surface area (Å²) < 4.78 is 5.10. The van der Waals surface area contributed by atoms with E-state index in [-0.39, 0.29) is 18.5 Å². The fourth-order valence-electron chi connectivity index (χ4n) is 1.88. The molecule has 0 saturated carbocycles. The number of nitrogens with one attached hydrogen (secondary N) is 2. The van der Waals surface area contributed by atoms with E-state index in [0.29, 0.717) is 12.2 Å². The Balaban J connectivity index is 2.35. The van der Waals surface area contributed by atoms with Gasteiger partial charge in [-0.2, -0.15) is 0 Å². The number of methoxy groups -OCH3 is 1. The Bertz CT molecular complexity index is 538. The number of hydrogen-bond donors (Lipinski definition) is 3. The summed E-state index contributed by atoms with van der Waals surface area (Å²) >= 11 is 0. The minimum atomic E-state index is -0.700. The molecule has 0 aliphatic heterocycles. The van der Waals surface area contributed by atoms with Crippen molar-refractivity contribution in [3.05, 3.63) is 29.8 Å². The van der Waals surface area contributed by atoms with Gasteiger partial charge in [-0.15, -0.1) is 0 Å². The lowest BCUT2D eigenvalue weighted by Gasteiger charge is -2.25. The number of rotatable bonds is 6. The van der Waals surface area contributed by atoms with Crippen LogP contribution in [0.4, 0.5) is 0 Å². The van der Waals surface area contributed by atoms with Gasteiger partial charge in [-0.3, -0.25) is 9.59 Å². The molecule has 0 heterocycles. The van der Waals surface area contributed by atoms with Gasteiger partial charge in [0.2, 0.25) is 0 Å². The van der Waals surface area contributed by atoms with Crippen LogP contribution in [0.5, 0.6) is 5.75 Å². The first-order valence-corrected chi connectivity index (χ1v) is 7.61. The van der Waals surface area contributed by atoms with Crippen LogP contribution in [0.15, 0.2) is 24.3 Å². The molecule has 128 valence electrons. The molecule has 6 nitrogen and oxygen atoms in total. The number of carbonyl (C=O) groups is 2.